The summed E-state index contributed by atoms with van der Waals surface area (Å²) in [6.07, 6.45) is -0.266. The minimum Gasteiger partial charge on any atom is -0.330 e. The second kappa shape index (κ2) is 4.17. The smallest absolute Gasteiger partial charge is 0.249 e. The van der Waals surface area contributed by atoms with Crippen molar-refractivity contribution in [3.63, 3.8) is 0 Å². The van der Waals surface area contributed by atoms with Crippen LogP contribution in [-0.4, -0.2) is 12.5 Å². The van der Waals surface area contributed by atoms with Gasteiger partial charge in [0.05, 0.1) is 0 Å². The van der Waals surface area contributed by atoms with Gasteiger partial charge in [0.1, 0.15) is 0 Å². The molecule has 2 rings (SSSR count). The maximum atomic E-state index is 13.3. The van der Waals surface area contributed by atoms with E-state index in [1.807, 2.05) is 26.0 Å². The molecule has 1 aliphatic carbocycles. The van der Waals surface area contributed by atoms with Gasteiger partial charge in [-0.05, 0) is 29.7 Å². The second-order valence-corrected chi connectivity index (χ2v) is 6.26. The molecular weight excluding hydrogens is 256 g/mol. The van der Waals surface area contributed by atoms with Crippen molar-refractivity contribution in [3.05, 3.63) is 34.9 Å². The minimum atomic E-state index is -2.57. The van der Waals surface area contributed by atoms with Gasteiger partial charge in [0.2, 0.25) is 5.92 Å². The number of halogens is 3. The molecule has 1 saturated carbocycles. The van der Waals surface area contributed by atoms with E-state index in [4.69, 9.17) is 17.3 Å². The van der Waals surface area contributed by atoms with Crippen LogP contribution in [0.4, 0.5) is 8.78 Å². The number of nitrogens with two attached hydrogens (primary N) is 1. The Bertz CT molecular complexity index is 432. The van der Waals surface area contributed by atoms with Crippen molar-refractivity contribution in [1.82, 2.24) is 0 Å². The third-order valence-electron chi connectivity index (χ3n) is 4.48. The average Bonchev–Trinajstić information content (AvgIpc) is 2.25. The molecule has 0 aromatic heterocycles. The molecule has 0 heterocycles. The van der Waals surface area contributed by atoms with E-state index in [9.17, 15) is 8.78 Å². The van der Waals surface area contributed by atoms with Crippen LogP contribution in [0.1, 0.15) is 32.3 Å². The van der Waals surface area contributed by atoms with E-state index < -0.39 is 11.3 Å². The topological polar surface area (TPSA) is 26.0 Å². The number of hydrogen-bond acceptors (Lipinski definition) is 1. The molecule has 0 atom stereocenters. The Morgan fingerprint density at radius 2 is 1.72 bits per heavy atom. The van der Waals surface area contributed by atoms with E-state index in [1.165, 1.54) is 0 Å². The Labute approximate surface area is 111 Å². The van der Waals surface area contributed by atoms with Gasteiger partial charge in [-0.1, -0.05) is 37.6 Å². The summed E-state index contributed by atoms with van der Waals surface area (Å²) >= 11 is 5.86. The van der Waals surface area contributed by atoms with Gasteiger partial charge in [-0.3, -0.25) is 0 Å². The Balaban J connectivity index is 2.33. The lowest BCUT2D eigenvalue weighted by Crippen LogP contribution is -2.59. The van der Waals surface area contributed by atoms with E-state index in [-0.39, 0.29) is 24.8 Å². The minimum absolute atomic E-state index is 0.133. The zero-order chi connectivity index (χ0) is 13.6. The Morgan fingerprint density at radius 3 is 2.11 bits per heavy atom. The number of alkyl halides is 2. The monoisotopic (exact) mass is 273 g/mol. The van der Waals surface area contributed by atoms with Crippen molar-refractivity contribution in [1.29, 1.82) is 0 Å². The van der Waals surface area contributed by atoms with Gasteiger partial charge in [0.15, 0.2) is 0 Å². The van der Waals surface area contributed by atoms with Crippen molar-refractivity contribution in [3.8, 4) is 0 Å². The van der Waals surface area contributed by atoms with Gasteiger partial charge in [-0.2, -0.15) is 0 Å². The van der Waals surface area contributed by atoms with Crippen LogP contribution in [0.25, 0.3) is 0 Å². The summed E-state index contributed by atoms with van der Waals surface area (Å²) in [4.78, 5) is 0. The zero-order valence-corrected chi connectivity index (χ0v) is 11.4. The third-order valence-corrected chi connectivity index (χ3v) is 4.73. The fourth-order valence-electron chi connectivity index (χ4n) is 2.95. The zero-order valence-electron chi connectivity index (χ0n) is 10.6. The van der Waals surface area contributed by atoms with Crippen molar-refractivity contribution in [2.45, 2.75) is 38.0 Å². The standard InChI is InChI=1S/C14H18ClF2N/c1-12(2,10-3-5-11(15)6-4-10)13(9-18)7-14(16,17)8-13/h3-6H,7-9,18H2,1-2H3. The van der Waals surface area contributed by atoms with Gasteiger partial charge in [0, 0.05) is 23.3 Å². The fourth-order valence-corrected chi connectivity index (χ4v) is 3.08. The van der Waals surface area contributed by atoms with Crippen LogP contribution in [0.15, 0.2) is 24.3 Å². The van der Waals surface area contributed by atoms with Crippen molar-refractivity contribution >= 4 is 11.6 Å². The van der Waals surface area contributed by atoms with Crippen molar-refractivity contribution in [2.24, 2.45) is 11.1 Å². The van der Waals surface area contributed by atoms with Crippen molar-refractivity contribution < 1.29 is 8.78 Å². The fraction of sp³-hybridized carbons (Fsp3) is 0.571. The summed E-state index contributed by atoms with van der Waals surface area (Å²) in [6.45, 7) is 4.24. The lowest BCUT2D eigenvalue weighted by atomic mass is 9.51. The van der Waals surface area contributed by atoms with Crippen LogP contribution in [0.5, 0.6) is 0 Å². The molecule has 18 heavy (non-hydrogen) atoms. The first-order valence-electron chi connectivity index (χ1n) is 6.06. The van der Waals surface area contributed by atoms with Crippen LogP contribution >= 0.6 is 11.6 Å². The highest BCUT2D eigenvalue weighted by Crippen LogP contribution is 2.60. The van der Waals surface area contributed by atoms with E-state index in [1.54, 1.807) is 12.1 Å². The highest BCUT2D eigenvalue weighted by Gasteiger charge is 2.62. The molecule has 1 nitrogen and oxygen atoms in total. The first kappa shape index (κ1) is 13.8. The summed E-state index contributed by atoms with van der Waals surface area (Å²) in [7, 11) is 0. The molecule has 1 fully saturated rings. The Hall–Kier alpha value is -0.670. The highest BCUT2D eigenvalue weighted by atomic mass is 35.5. The van der Waals surface area contributed by atoms with Crippen LogP contribution in [0, 0.1) is 5.41 Å². The van der Waals surface area contributed by atoms with Crippen LogP contribution in [0.2, 0.25) is 5.02 Å². The van der Waals surface area contributed by atoms with Gasteiger partial charge < -0.3 is 5.73 Å². The predicted octanol–water partition coefficient (Wildman–Crippen LogP) is 3.99. The van der Waals surface area contributed by atoms with E-state index >= 15 is 0 Å². The molecule has 0 bridgehead atoms. The highest BCUT2D eigenvalue weighted by molar-refractivity contribution is 6.30. The summed E-state index contributed by atoms with van der Waals surface area (Å²) in [6, 6.07) is 7.38. The average molecular weight is 274 g/mol. The number of rotatable bonds is 3. The SMILES string of the molecule is CC(C)(c1ccc(Cl)cc1)C1(CN)CC(F)(F)C1. The van der Waals surface area contributed by atoms with Gasteiger partial charge in [0.25, 0.3) is 0 Å². The van der Waals surface area contributed by atoms with E-state index in [0.29, 0.717) is 5.02 Å². The third kappa shape index (κ3) is 2.04. The Kier molecular flexibility index (Phi) is 3.19. The summed E-state index contributed by atoms with van der Waals surface area (Å²) in [5, 5.41) is 0.648. The molecule has 1 aromatic carbocycles. The molecule has 4 heteroatoms. The van der Waals surface area contributed by atoms with Crippen LogP contribution in [-0.2, 0) is 5.41 Å². The summed E-state index contributed by atoms with van der Waals surface area (Å²) in [5.41, 5.74) is 5.89. The lowest BCUT2D eigenvalue weighted by Gasteiger charge is -2.56. The molecule has 0 saturated heterocycles. The van der Waals surface area contributed by atoms with E-state index in [0.717, 1.165) is 5.56 Å². The van der Waals surface area contributed by atoms with E-state index in [2.05, 4.69) is 0 Å². The molecule has 100 valence electrons. The molecule has 1 aromatic rings. The van der Waals surface area contributed by atoms with Crippen molar-refractivity contribution in [2.75, 3.05) is 6.54 Å². The molecule has 0 unspecified atom stereocenters. The molecule has 0 aliphatic heterocycles. The van der Waals surface area contributed by atoms with Crippen LogP contribution < -0.4 is 5.73 Å². The lowest BCUT2D eigenvalue weighted by molar-refractivity contribution is -0.182. The quantitative estimate of drug-likeness (QED) is 0.885. The molecule has 0 radical (unpaired) electrons. The summed E-state index contributed by atoms with van der Waals surface area (Å²) < 4.78 is 26.5. The Morgan fingerprint density at radius 1 is 1.22 bits per heavy atom. The molecule has 0 spiro atoms. The summed E-state index contributed by atoms with van der Waals surface area (Å²) in [5.74, 6) is -2.57. The number of benzene rings is 1. The van der Waals surface area contributed by atoms with Gasteiger partial charge in [-0.15, -0.1) is 0 Å². The van der Waals surface area contributed by atoms with Crippen LogP contribution in [0.3, 0.4) is 0 Å². The predicted molar refractivity (Wildman–Crippen MR) is 70.1 cm³/mol. The first-order valence-corrected chi connectivity index (χ1v) is 6.44. The first-order chi connectivity index (χ1) is 8.22. The maximum Gasteiger partial charge on any atom is 0.249 e. The molecule has 1 aliphatic rings. The largest absolute Gasteiger partial charge is 0.330 e. The number of hydrogen-bond donors (Lipinski definition) is 1. The second-order valence-electron chi connectivity index (χ2n) is 5.83. The van der Waals surface area contributed by atoms with Gasteiger partial charge in [-0.25, -0.2) is 8.78 Å². The maximum absolute atomic E-state index is 13.3. The molecular formula is C14H18ClF2N. The molecule has 2 N–H and O–H groups in total. The normalized spacial score (nSPS) is 21.4. The van der Waals surface area contributed by atoms with Gasteiger partial charge >= 0.3 is 0 Å². The molecule has 0 amide bonds.